The van der Waals surface area contributed by atoms with Crippen molar-refractivity contribution in [2.45, 2.75) is 19.4 Å². The van der Waals surface area contributed by atoms with E-state index in [0.29, 0.717) is 17.6 Å². The molecule has 6 nitrogen and oxygen atoms in total. The summed E-state index contributed by atoms with van der Waals surface area (Å²) in [5, 5.41) is 0.558. The first kappa shape index (κ1) is 18.0. The van der Waals surface area contributed by atoms with Crippen LogP contribution >= 0.6 is 0 Å². The number of para-hydroxylation sites is 1. The number of H-pyrrole nitrogens is 1. The predicted molar refractivity (Wildman–Crippen MR) is 111 cm³/mol. The van der Waals surface area contributed by atoms with E-state index in [9.17, 15) is 4.79 Å². The number of aromatic nitrogens is 3. The van der Waals surface area contributed by atoms with Gasteiger partial charge in [0.1, 0.15) is 12.4 Å². The van der Waals surface area contributed by atoms with Crippen LogP contribution in [0.5, 0.6) is 5.75 Å². The monoisotopic (exact) mass is 374 g/mol. The number of nitrogens with two attached hydrogens (primary N) is 1. The van der Waals surface area contributed by atoms with Crippen LogP contribution < -0.4 is 16.0 Å². The maximum absolute atomic E-state index is 12.5. The van der Waals surface area contributed by atoms with E-state index in [-0.39, 0.29) is 5.56 Å². The molecule has 0 fully saturated rings. The molecule has 2 aromatic heterocycles. The number of rotatable bonds is 5. The summed E-state index contributed by atoms with van der Waals surface area (Å²) in [7, 11) is 0. The maximum atomic E-state index is 12.5. The molecule has 4 aromatic rings. The Morgan fingerprint density at radius 3 is 2.50 bits per heavy atom. The van der Waals surface area contributed by atoms with Crippen molar-refractivity contribution in [1.29, 1.82) is 0 Å². The highest BCUT2D eigenvalue weighted by molar-refractivity contribution is 5.94. The van der Waals surface area contributed by atoms with Gasteiger partial charge in [-0.1, -0.05) is 30.3 Å². The average molecular weight is 374 g/mol. The molecule has 0 saturated heterocycles. The lowest BCUT2D eigenvalue weighted by atomic mass is 10.1. The summed E-state index contributed by atoms with van der Waals surface area (Å²) in [4.78, 5) is 19.6. The van der Waals surface area contributed by atoms with Crippen molar-refractivity contribution in [3.8, 4) is 22.6 Å². The Kier molecular flexibility index (Phi) is 4.49. The number of benzene rings is 2. The first-order valence-corrected chi connectivity index (χ1v) is 9.09. The fourth-order valence-corrected chi connectivity index (χ4v) is 3.07. The van der Waals surface area contributed by atoms with Crippen LogP contribution in [0.25, 0.3) is 27.8 Å². The number of nitrogens with one attached hydrogen (secondary N) is 1. The Morgan fingerprint density at radius 1 is 1.11 bits per heavy atom. The highest BCUT2D eigenvalue weighted by atomic mass is 16.5. The van der Waals surface area contributed by atoms with E-state index in [0.717, 1.165) is 22.6 Å². The van der Waals surface area contributed by atoms with Gasteiger partial charge in [0.25, 0.3) is 5.56 Å². The van der Waals surface area contributed by atoms with Crippen LogP contribution in [-0.4, -0.2) is 26.7 Å². The SMILES string of the molecule is CC(C)(N)COc1ccc(-c2cn(-c3ccccc3)c3nc[nH]c(=O)c23)cc1. The summed E-state index contributed by atoms with van der Waals surface area (Å²) in [6.45, 7) is 4.25. The lowest BCUT2D eigenvalue weighted by Gasteiger charge is -2.19. The Hall–Kier alpha value is -3.38. The Bertz CT molecular complexity index is 1150. The van der Waals surface area contributed by atoms with Crippen molar-refractivity contribution in [3.63, 3.8) is 0 Å². The van der Waals surface area contributed by atoms with Crippen molar-refractivity contribution < 1.29 is 4.74 Å². The van der Waals surface area contributed by atoms with E-state index in [4.69, 9.17) is 10.5 Å². The molecule has 2 heterocycles. The highest BCUT2D eigenvalue weighted by Crippen LogP contribution is 2.30. The summed E-state index contributed by atoms with van der Waals surface area (Å²) in [6.07, 6.45) is 3.38. The smallest absolute Gasteiger partial charge is 0.260 e. The third kappa shape index (κ3) is 3.54. The molecule has 0 saturated carbocycles. The van der Waals surface area contributed by atoms with Crippen molar-refractivity contribution in [1.82, 2.24) is 14.5 Å². The first-order chi connectivity index (χ1) is 13.4. The van der Waals surface area contributed by atoms with E-state index in [2.05, 4.69) is 9.97 Å². The zero-order valence-electron chi connectivity index (χ0n) is 15.8. The normalized spacial score (nSPS) is 11.7. The quantitative estimate of drug-likeness (QED) is 0.560. The van der Waals surface area contributed by atoms with Gasteiger partial charge in [-0.05, 0) is 43.7 Å². The molecular formula is C22H22N4O2. The van der Waals surface area contributed by atoms with Crippen LogP contribution in [0, 0.1) is 0 Å². The molecule has 0 aliphatic rings. The Balaban J connectivity index is 1.78. The molecule has 0 radical (unpaired) electrons. The Morgan fingerprint density at radius 2 is 1.82 bits per heavy atom. The minimum atomic E-state index is -0.402. The van der Waals surface area contributed by atoms with E-state index >= 15 is 0 Å². The van der Waals surface area contributed by atoms with Gasteiger partial charge in [-0.2, -0.15) is 0 Å². The van der Waals surface area contributed by atoms with Gasteiger partial charge in [0.15, 0.2) is 5.65 Å². The van der Waals surface area contributed by atoms with Gasteiger partial charge >= 0.3 is 0 Å². The molecule has 0 aliphatic carbocycles. The molecule has 6 heteroatoms. The van der Waals surface area contributed by atoms with Crippen molar-refractivity contribution in [2.24, 2.45) is 5.73 Å². The summed E-state index contributed by atoms with van der Waals surface area (Å²) >= 11 is 0. The van der Waals surface area contributed by atoms with Crippen molar-refractivity contribution in [3.05, 3.63) is 77.5 Å². The summed E-state index contributed by atoms with van der Waals surface area (Å²) in [5.41, 5.74) is 8.70. The van der Waals surface area contributed by atoms with E-state index in [1.54, 1.807) is 0 Å². The molecule has 142 valence electrons. The topological polar surface area (TPSA) is 85.9 Å². The van der Waals surface area contributed by atoms with E-state index in [1.165, 1.54) is 6.33 Å². The lowest BCUT2D eigenvalue weighted by molar-refractivity contribution is 0.243. The summed E-state index contributed by atoms with van der Waals surface area (Å²) in [6, 6.07) is 17.5. The minimum Gasteiger partial charge on any atom is -0.492 e. The van der Waals surface area contributed by atoms with Crippen molar-refractivity contribution >= 4 is 11.0 Å². The van der Waals surface area contributed by atoms with Gasteiger partial charge in [-0.25, -0.2) is 4.98 Å². The van der Waals surface area contributed by atoms with Gasteiger partial charge in [0, 0.05) is 23.0 Å². The third-order valence-electron chi connectivity index (χ3n) is 4.40. The lowest BCUT2D eigenvalue weighted by Crippen LogP contribution is -2.38. The predicted octanol–water partition coefficient (Wildman–Crippen LogP) is 3.50. The van der Waals surface area contributed by atoms with Crippen LogP contribution in [0.15, 0.2) is 71.9 Å². The number of hydrogen-bond acceptors (Lipinski definition) is 4. The number of hydrogen-bond donors (Lipinski definition) is 2. The van der Waals surface area contributed by atoms with Crippen LogP contribution in [0.2, 0.25) is 0 Å². The molecule has 0 amide bonds. The molecule has 28 heavy (non-hydrogen) atoms. The molecule has 0 unspecified atom stereocenters. The van der Waals surface area contributed by atoms with Crippen molar-refractivity contribution in [2.75, 3.05) is 6.61 Å². The molecular weight excluding hydrogens is 352 g/mol. The van der Waals surface area contributed by atoms with Crippen LogP contribution in [0.3, 0.4) is 0 Å². The molecule has 2 aromatic carbocycles. The number of nitrogens with zero attached hydrogens (tertiary/aromatic N) is 2. The molecule has 3 N–H and O–H groups in total. The average Bonchev–Trinajstić information content (AvgIpc) is 3.08. The zero-order chi connectivity index (χ0) is 19.7. The van der Waals surface area contributed by atoms with Gasteiger partial charge in [0.2, 0.25) is 0 Å². The van der Waals surface area contributed by atoms with Gasteiger partial charge in [0.05, 0.1) is 11.7 Å². The van der Waals surface area contributed by atoms with E-state index < -0.39 is 5.54 Å². The highest BCUT2D eigenvalue weighted by Gasteiger charge is 2.16. The van der Waals surface area contributed by atoms with E-state index in [1.807, 2.05) is 79.2 Å². The Labute approximate surface area is 162 Å². The standard InChI is InChI=1S/C22H22N4O2/c1-22(2,23)13-28-17-10-8-15(9-11-17)18-12-26(16-6-4-3-5-7-16)20-19(18)21(27)25-14-24-20/h3-12,14H,13,23H2,1-2H3,(H,24,25,27). The maximum Gasteiger partial charge on any atom is 0.260 e. The zero-order valence-corrected chi connectivity index (χ0v) is 15.8. The van der Waals surface area contributed by atoms with Gasteiger partial charge in [-0.3, -0.25) is 4.79 Å². The molecule has 0 spiro atoms. The second-order valence-electron chi connectivity index (χ2n) is 7.48. The number of fused-ring (bicyclic) bond motifs is 1. The summed E-state index contributed by atoms with van der Waals surface area (Å²) < 4.78 is 7.67. The molecule has 0 atom stereocenters. The number of ether oxygens (including phenoxy) is 1. The molecule has 0 aliphatic heterocycles. The summed E-state index contributed by atoms with van der Waals surface area (Å²) in [5.74, 6) is 0.737. The first-order valence-electron chi connectivity index (χ1n) is 9.09. The van der Waals surface area contributed by atoms with Crippen LogP contribution in [0.4, 0.5) is 0 Å². The third-order valence-corrected chi connectivity index (χ3v) is 4.40. The second-order valence-corrected chi connectivity index (χ2v) is 7.48. The molecule has 0 bridgehead atoms. The molecule has 4 rings (SSSR count). The van der Waals surface area contributed by atoms with Crippen LogP contribution in [0.1, 0.15) is 13.8 Å². The van der Waals surface area contributed by atoms with Crippen LogP contribution in [-0.2, 0) is 0 Å². The van der Waals surface area contributed by atoms with Gasteiger partial charge < -0.3 is 20.0 Å². The largest absolute Gasteiger partial charge is 0.492 e. The number of aromatic amines is 1. The minimum absolute atomic E-state index is 0.167. The second kappa shape index (κ2) is 6.98. The van der Waals surface area contributed by atoms with Gasteiger partial charge in [-0.15, -0.1) is 0 Å². The fraction of sp³-hybridized carbons (Fsp3) is 0.182. The fourth-order valence-electron chi connectivity index (χ4n) is 3.07.